The molecule has 0 aliphatic carbocycles. The zero-order valence-corrected chi connectivity index (χ0v) is 14.6. The summed E-state index contributed by atoms with van der Waals surface area (Å²) in [6.07, 6.45) is 0. The summed E-state index contributed by atoms with van der Waals surface area (Å²) >= 11 is 0. The summed E-state index contributed by atoms with van der Waals surface area (Å²) < 4.78 is 10.3. The molecule has 0 atom stereocenters. The van der Waals surface area contributed by atoms with Gasteiger partial charge in [0, 0.05) is 11.3 Å². The Labute approximate surface area is 151 Å². The Kier molecular flexibility index (Phi) is 6.32. The second-order valence-corrected chi connectivity index (χ2v) is 5.64. The summed E-state index contributed by atoms with van der Waals surface area (Å²) in [5, 5.41) is 2.54. The summed E-state index contributed by atoms with van der Waals surface area (Å²) in [6, 6.07) is 11.6. The maximum Gasteiger partial charge on any atom is 0.344 e. The van der Waals surface area contributed by atoms with E-state index in [1.165, 1.54) is 24.3 Å². The van der Waals surface area contributed by atoms with Gasteiger partial charge in [-0.2, -0.15) is 0 Å². The SMILES string of the molecule is Cc1cccc(OCC(=O)OCC(=O)Nc2ccc(C(N)=O)cc2)c1C. The maximum atomic E-state index is 11.8. The van der Waals surface area contributed by atoms with E-state index in [0.29, 0.717) is 17.0 Å². The molecule has 7 nitrogen and oxygen atoms in total. The van der Waals surface area contributed by atoms with Crippen LogP contribution in [-0.4, -0.2) is 31.0 Å². The summed E-state index contributed by atoms with van der Waals surface area (Å²) in [5.74, 6) is -1.11. The normalized spacial score (nSPS) is 10.1. The predicted molar refractivity (Wildman–Crippen MR) is 96.0 cm³/mol. The average molecular weight is 356 g/mol. The van der Waals surface area contributed by atoms with E-state index in [4.69, 9.17) is 15.2 Å². The number of nitrogens with two attached hydrogens (primary N) is 1. The minimum absolute atomic E-state index is 0.287. The number of ether oxygens (including phenoxy) is 2. The van der Waals surface area contributed by atoms with Crippen LogP contribution in [0.2, 0.25) is 0 Å². The Morgan fingerprint density at radius 2 is 1.69 bits per heavy atom. The van der Waals surface area contributed by atoms with Gasteiger partial charge in [0.25, 0.3) is 5.91 Å². The fourth-order valence-corrected chi connectivity index (χ4v) is 2.12. The molecule has 2 aromatic carbocycles. The molecule has 0 aliphatic rings. The van der Waals surface area contributed by atoms with Crippen molar-refractivity contribution >= 4 is 23.5 Å². The van der Waals surface area contributed by atoms with Crippen LogP contribution in [0.5, 0.6) is 5.75 Å². The first-order valence-corrected chi connectivity index (χ1v) is 7.91. The van der Waals surface area contributed by atoms with E-state index in [1.54, 1.807) is 6.07 Å². The molecule has 2 rings (SSSR count). The van der Waals surface area contributed by atoms with Crippen molar-refractivity contribution in [3.63, 3.8) is 0 Å². The molecule has 0 aromatic heterocycles. The number of benzene rings is 2. The number of primary amides is 1. The highest BCUT2D eigenvalue weighted by molar-refractivity contribution is 5.95. The molecule has 0 aliphatic heterocycles. The van der Waals surface area contributed by atoms with Crippen LogP contribution in [0.15, 0.2) is 42.5 Å². The van der Waals surface area contributed by atoms with Crippen LogP contribution < -0.4 is 15.8 Å². The van der Waals surface area contributed by atoms with Crippen LogP contribution >= 0.6 is 0 Å². The van der Waals surface area contributed by atoms with Gasteiger partial charge in [0.05, 0.1) is 0 Å². The summed E-state index contributed by atoms with van der Waals surface area (Å²) in [6.45, 7) is 3.12. The molecular weight excluding hydrogens is 336 g/mol. The molecule has 0 spiro atoms. The molecule has 3 N–H and O–H groups in total. The zero-order chi connectivity index (χ0) is 19.1. The smallest absolute Gasteiger partial charge is 0.344 e. The van der Waals surface area contributed by atoms with Crippen molar-refractivity contribution in [3.8, 4) is 5.75 Å². The monoisotopic (exact) mass is 356 g/mol. The molecule has 2 aromatic rings. The zero-order valence-electron chi connectivity index (χ0n) is 14.6. The lowest BCUT2D eigenvalue weighted by Gasteiger charge is -2.11. The molecule has 0 saturated heterocycles. The molecule has 0 unspecified atom stereocenters. The lowest BCUT2D eigenvalue weighted by atomic mass is 10.1. The first-order chi connectivity index (χ1) is 12.4. The van der Waals surface area contributed by atoms with E-state index in [2.05, 4.69) is 5.32 Å². The number of hydrogen-bond acceptors (Lipinski definition) is 5. The van der Waals surface area contributed by atoms with Crippen LogP contribution in [0.3, 0.4) is 0 Å². The van der Waals surface area contributed by atoms with Gasteiger partial charge >= 0.3 is 5.97 Å². The minimum Gasteiger partial charge on any atom is -0.482 e. The molecule has 7 heteroatoms. The molecule has 0 radical (unpaired) electrons. The van der Waals surface area contributed by atoms with Gasteiger partial charge in [0.2, 0.25) is 5.91 Å². The Morgan fingerprint density at radius 1 is 1.00 bits per heavy atom. The second-order valence-electron chi connectivity index (χ2n) is 5.64. The van der Waals surface area contributed by atoms with E-state index < -0.39 is 24.4 Å². The van der Waals surface area contributed by atoms with E-state index in [0.717, 1.165) is 11.1 Å². The Balaban J connectivity index is 1.77. The lowest BCUT2D eigenvalue weighted by Crippen LogP contribution is -2.23. The van der Waals surface area contributed by atoms with Gasteiger partial charge in [0.15, 0.2) is 13.2 Å². The third kappa shape index (κ3) is 5.34. The molecule has 26 heavy (non-hydrogen) atoms. The third-order valence-electron chi connectivity index (χ3n) is 3.72. The minimum atomic E-state index is -0.648. The number of nitrogens with one attached hydrogen (secondary N) is 1. The molecule has 2 amide bonds. The van der Waals surface area contributed by atoms with Crippen molar-refractivity contribution in [1.82, 2.24) is 0 Å². The van der Waals surface area contributed by atoms with Gasteiger partial charge in [-0.3, -0.25) is 9.59 Å². The first-order valence-electron chi connectivity index (χ1n) is 7.91. The highest BCUT2D eigenvalue weighted by Crippen LogP contribution is 2.20. The summed E-state index contributed by atoms with van der Waals surface area (Å²) in [4.78, 5) is 34.5. The Bertz CT molecular complexity index is 815. The number of hydrogen-bond donors (Lipinski definition) is 2. The van der Waals surface area contributed by atoms with E-state index in [-0.39, 0.29) is 6.61 Å². The van der Waals surface area contributed by atoms with Gasteiger partial charge in [0.1, 0.15) is 5.75 Å². The summed E-state index contributed by atoms with van der Waals surface area (Å²) in [5.41, 5.74) is 7.93. The van der Waals surface area contributed by atoms with Crippen molar-refractivity contribution in [2.75, 3.05) is 18.5 Å². The molecule has 0 fully saturated rings. The molecule has 0 heterocycles. The van der Waals surface area contributed by atoms with Gasteiger partial charge in [-0.15, -0.1) is 0 Å². The molecular formula is C19H20N2O5. The number of amides is 2. The second kappa shape index (κ2) is 8.66. The summed E-state index contributed by atoms with van der Waals surface area (Å²) in [7, 11) is 0. The van der Waals surface area contributed by atoms with Crippen molar-refractivity contribution in [2.45, 2.75) is 13.8 Å². The topological polar surface area (TPSA) is 108 Å². The fraction of sp³-hybridized carbons (Fsp3) is 0.211. The fourth-order valence-electron chi connectivity index (χ4n) is 2.12. The van der Waals surface area contributed by atoms with Crippen molar-refractivity contribution in [1.29, 1.82) is 0 Å². The average Bonchev–Trinajstić information content (AvgIpc) is 2.61. The molecule has 136 valence electrons. The maximum absolute atomic E-state index is 11.8. The van der Waals surface area contributed by atoms with Crippen LogP contribution in [-0.2, 0) is 14.3 Å². The van der Waals surface area contributed by atoms with Crippen molar-refractivity contribution in [3.05, 3.63) is 59.2 Å². The number of carbonyl (C=O) groups is 3. The largest absolute Gasteiger partial charge is 0.482 e. The van der Waals surface area contributed by atoms with Crippen molar-refractivity contribution < 1.29 is 23.9 Å². The standard InChI is InChI=1S/C19H20N2O5/c1-12-4-3-5-16(13(12)2)25-11-18(23)26-10-17(22)21-15-8-6-14(7-9-15)19(20)24/h3-9H,10-11H2,1-2H3,(H2,20,24)(H,21,22). The van der Waals surface area contributed by atoms with Crippen molar-refractivity contribution in [2.24, 2.45) is 5.73 Å². The number of rotatable bonds is 7. The predicted octanol–water partition coefficient (Wildman–Crippen LogP) is 1.96. The van der Waals surface area contributed by atoms with Gasteiger partial charge in [-0.25, -0.2) is 4.79 Å². The van der Waals surface area contributed by atoms with E-state index in [1.807, 2.05) is 26.0 Å². The number of carbonyl (C=O) groups excluding carboxylic acids is 3. The molecule has 0 saturated carbocycles. The van der Waals surface area contributed by atoms with Crippen LogP contribution in [0.1, 0.15) is 21.5 Å². The Hall–Kier alpha value is -3.35. The third-order valence-corrected chi connectivity index (χ3v) is 3.72. The van der Waals surface area contributed by atoms with Crippen LogP contribution in [0.4, 0.5) is 5.69 Å². The number of anilines is 1. The van der Waals surface area contributed by atoms with E-state index in [9.17, 15) is 14.4 Å². The first kappa shape index (κ1) is 19.0. The molecule has 0 bridgehead atoms. The highest BCUT2D eigenvalue weighted by atomic mass is 16.6. The van der Waals surface area contributed by atoms with Crippen LogP contribution in [0.25, 0.3) is 0 Å². The van der Waals surface area contributed by atoms with E-state index >= 15 is 0 Å². The number of esters is 1. The quantitative estimate of drug-likeness (QED) is 0.738. The Morgan fingerprint density at radius 3 is 2.35 bits per heavy atom. The van der Waals surface area contributed by atoms with Crippen LogP contribution in [0, 0.1) is 13.8 Å². The number of aryl methyl sites for hydroxylation is 1. The van der Waals surface area contributed by atoms with Gasteiger partial charge in [-0.1, -0.05) is 12.1 Å². The lowest BCUT2D eigenvalue weighted by molar-refractivity contribution is -0.149. The van der Waals surface area contributed by atoms with Gasteiger partial charge in [-0.05, 0) is 55.3 Å². The van der Waals surface area contributed by atoms with Gasteiger partial charge < -0.3 is 20.5 Å². The highest BCUT2D eigenvalue weighted by Gasteiger charge is 2.10.